The zero-order valence-electron chi connectivity index (χ0n) is 9.96. The van der Waals surface area contributed by atoms with Gasteiger partial charge >= 0.3 is 0 Å². The fourth-order valence-electron chi connectivity index (χ4n) is 1.75. The van der Waals surface area contributed by atoms with Crippen LogP contribution in [-0.2, 0) is 6.42 Å². The fraction of sp³-hybridized carbons (Fsp3) is 0.200. The van der Waals surface area contributed by atoms with E-state index in [1.807, 2.05) is 6.07 Å². The smallest absolute Gasteiger partial charge is 0.126 e. The van der Waals surface area contributed by atoms with Crippen molar-refractivity contribution in [2.75, 3.05) is 0 Å². The van der Waals surface area contributed by atoms with Gasteiger partial charge in [-0.3, -0.25) is 0 Å². The molecule has 0 radical (unpaired) electrons. The number of benzene rings is 2. The van der Waals surface area contributed by atoms with Gasteiger partial charge in [0.15, 0.2) is 0 Å². The molecule has 1 atom stereocenters. The van der Waals surface area contributed by atoms with Gasteiger partial charge in [-0.2, -0.15) is 0 Å². The molecule has 0 aliphatic carbocycles. The molecule has 2 aromatic carbocycles. The van der Waals surface area contributed by atoms with E-state index in [9.17, 15) is 8.78 Å². The maximum atomic E-state index is 13.4. The molecule has 0 aromatic heterocycles. The summed E-state index contributed by atoms with van der Waals surface area (Å²) in [5.41, 5.74) is 2.27. The number of hydrogen-bond acceptors (Lipinski definition) is 0. The summed E-state index contributed by atoms with van der Waals surface area (Å²) in [7, 11) is 0. The maximum Gasteiger partial charge on any atom is 0.126 e. The van der Waals surface area contributed by atoms with Gasteiger partial charge in [-0.25, -0.2) is 8.78 Å². The van der Waals surface area contributed by atoms with E-state index >= 15 is 0 Å². The third kappa shape index (κ3) is 3.08. The first-order chi connectivity index (χ1) is 8.56. The van der Waals surface area contributed by atoms with E-state index < -0.39 is 0 Å². The molecule has 1 unspecified atom stereocenters. The molecule has 2 aromatic rings. The first-order valence-electron chi connectivity index (χ1n) is 5.71. The summed E-state index contributed by atoms with van der Waals surface area (Å²) >= 11 is 6.24. The molecule has 0 amide bonds. The van der Waals surface area contributed by atoms with Crippen LogP contribution in [0.15, 0.2) is 42.5 Å². The topological polar surface area (TPSA) is 0 Å². The molecule has 0 N–H and O–H groups in total. The molecule has 2 rings (SSSR count). The first kappa shape index (κ1) is 13.0. The second-order valence-corrected chi connectivity index (χ2v) is 4.83. The van der Waals surface area contributed by atoms with Crippen LogP contribution < -0.4 is 0 Å². The molecule has 3 heteroatoms. The van der Waals surface area contributed by atoms with Crippen LogP contribution in [0.25, 0.3) is 0 Å². The van der Waals surface area contributed by atoms with E-state index in [1.165, 1.54) is 18.2 Å². The maximum absolute atomic E-state index is 13.4. The largest absolute Gasteiger partial charge is 0.207 e. The van der Waals surface area contributed by atoms with Crippen LogP contribution in [0.5, 0.6) is 0 Å². The molecule has 0 bridgehead atoms. The summed E-state index contributed by atoms with van der Waals surface area (Å²) < 4.78 is 26.2. The van der Waals surface area contributed by atoms with Crippen molar-refractivity contribution in [3.63, 3.8) is 0 Å². The molecule has 0 fully saturated rings. The third-order valence-corrected chi connectivity index (χ3v) is 3.29. The molecule has 0 nitrogen and oxygen atoms in total. The number of aryl methyl sites for hydroxylation is 1. The van der Waals surface area contributed by atoms with Crippen molar-refractivity contribution in [2.24, 2.45) is 0 Å². The Kier molecular flexibility index (Phi) is 3.97. The van der Waals surface area contributed by atoms with Crippen LogP contribution in [0.1, 0.15) is 22.1 Å². The second-order valence-electron chi connectivity index (χ2n) is 4.31. The summed E-state index contributed by atoms with van der Waals surface area (Å²) in [5.74, 6) is -0.525. The van der Waals surface area contributed by atoms with Gasteiger partial charge in [0.2, 0.25) is 0 Å². The minimum absolute atomic E-state index is 0.253. The summed E-state index contributed by atoms with van der Waals surface area (Å²) in [4.78, 5) is 0. The average molecular weight is 267 g/mol. The Bertz CT molecular complexity index is 535. The van der Waals surface area contributed by atoms with E-state index in [4.69, 9.17) is 11.6 Å². The van der Waals surface area contributed by atoms with Crippen LogP contribution in [0.3, 0.4) is 0 Å². The Hall–Kier alpha value is -1.41. The van der Waals surface area contributed by atoms with Gasteiger partial charge in [-0.05, 0) is 48.2 Å². The van der Waals surface area contributed by atoms with Crippen molar-refractivity contribution in [3.8, 4) is 0 Å². The minimum atomic E-state index is -0.314. The quantitative estimate of drug-likeness (QED) is 0.701. The number of halogens is 3. The van der Waals surface area contributed by atoms with Crippen molar-refractivity contribution in [1.29, 1.82) is 0 Å². The average Bonchev–Trinajstić information content (AvgIpc) is 2.35. The molecule has 94 valence electrons. The fourth-order valence-corrected chi connectivity index (χ4v) is 2.06. The molecule has 0 spiro atoms. The molecule has 0 heterocycles. The number of hydrogen-bond donors (Lipinski definition) is 0. The molecule has 0 saturated carbocycles. The highest BCUT2D eigenvalue weighted by atomic mass is 35.5. The molecule has 0 saturated heterocycles. The number of alkyl halides is 1. The van der Waals surface area contributed by atoms with Crippen molar-refractivity contribution in [1.82, 2.24) is 0 Å². The van der Waals surface area contributed by atoms with Gasteiger partial charge in [0.25, 0.3) is 0 Å². The molecule has 0 aliphatic heterocycles. The minimum Gasteiger partial charge on any atom is -0.207 e. The van der Waals surface area contributed by atoms with Crippen molar-refractivity contribution in [3.05, 3.63) is 70.8 Å². The second kappa shape index (κ2) is 5.49. The predicted molar refractivity (Wildman–Crippen MR) is 69.8 cm³/mol. The van der Waals surface area contributed by atoms with E-state index in [2.05, 4.69) is 0 Å². The molecule has 0 aliphatic rings. The summed E-state index contributed by atoms with van der Waals surface area (Å²) in [6.07, 6.45) is 0.546. The first-order valence-corrected chi connectivity index (χ1v) is 6.14. The van der Waals surface area contributed by atoms with E-state index in [-0.39, 0.29) is 17.0 Å². The number of rotatable bonds is 3. The van der Waals surface area contributed by atoms with Crippen LogP contribution in [0.2, 0.25) is 0 Å². The Morgan fingerprint density at radius 1 is 1.06 bits per heavy atom. The van der Waals surface area contributed by atoms with Crippen LogP contribution in [0, 0.1) is 18.6 Å². The highest BCUT2D eigenvalue weighted by molar-refractivity contribution is 6.20. The van der Waals surface area contributed by atoms with Gasteiger partial charge < -0.3 is 0 Å². The van der Waals surface area contributed by atoms with Gasteiger partial charge in [0.05, 0.1) is 5.38 Å². The highest BCUT2D eigenvalue weighted by Gasteiger charge is 2.10. The van der Waals surface area contributed by atoms with Crippen LogP contribution >= 0.6 is 11.6 Å². The predicted octanol–water partition coefficient (Wildman–Crippen LogP) is 4.80. The lowest BCUT2D eigenvalue weighted by molar-refractivity contribution is 0.615. The molecular weight excluding hydrogens is 254 g/mol. The third-order valence-electron chi connectivity index (χ3n) is 2.89. The Balaban J connectivity index is 2.13. The van der Waals surface area contributed by atoms with Gasteiger partial charge in [0.1, 0.15) is 11.6 Å². The van der Waals surface area contributed by atoms with Crippen LogP contribution in [0.4, 0.5) is 8.78 Å². The Labute approximate surface area is 110 Å². The summed E-state index contributed by atoms with van der Waals surface area (Å²) in [6.45, 7) is 1.71. The van der Waals surface area contributed by atoms with Crippen molar-refractivity contribution in [2.45, 2.75) is 18.7 Å². The Morgan fingerprint density at radius 3 is 2.33 bits per heavy atom. The van der Waals surface area contributed by atoms with Crippen molar-refractivity contribution < 1.29 is 8.78 Å². The zero-order chi connectivity index (χ0) is 13.1. The SMILES string of the molecule is Cc1ccc(C(Cl)Cc2ccc(F)cc2)cc1F. The Morgan fingerprint density at radius 2 is 1.72 bits per heavy atom. The van der Waals surface area contributed by atoms with Gasteiger partial charge in [-0.1, -0.05) is 24.3 Å². The molecular formula is C15H13ClF2. The zero-order valence-corrected chi connectivity index (χ0v) is 10.7. The lowest BCUT2D eigenvalue weighted by Gasteiger charge is -2.11. The lowest BCUT2D eigenvalue weighted by Crippen LogP contribution is -1.97. The standard InChI is InChI=1S/C15H13ClF2/c1-10-2-5-12(9-15(10)18)14(16)8-11-3-6-13(17)7-4-11/h2-7,9,14H,8H2,1H3. The monoisotopic (exact) mass is 266 g/mol. The van der Waals surface area contributed by atoms with Gasteiger partial charge in [-0.15, -0.1) is 11.6 Å². The molecule has 18 heavy (non-hydrogen) atoms. The summed E-state index contributed by atoms with van der Waals surface area (Å²) in [6, 6.07) is 11.2. The normalized spacial score (nSPS) is 12.4. The van der Waals surface area contributed by atoms with Crippen LogP contribution in [-0.4, -0.2) is 0 Å². The van der Waals surface area contributed by atoms with E-state index in [0.717, 1.165) is 11.1 Å². The lowest BCUT2D eigenvalue weighted by atomic mass is 10.0. The van der Waals surface area contributed by atoms with Crippen molar-refractivity contribution >= 4 is 11.6 Å². The van der Waals surface area contributed by atoms with Gasteiger partial charge in [0, 0.05) is 0 Å². The van der Waals surface area contributed by atoms with E-state index in [0.29, 0.717) is 12.0 Å². The van der Waals surface area contributed by atoms with E-state index in [1.54, 1.807) is 25.1 Å². The highest BCUT2D eigenvalue weighted by Crippen LogP contribution is 2.26. The summed E-state index contributed by atoms with van der Waals surface area (Å²) in [5, 5.41) is -0.314.